The van der Waals surface area contributed by atoms with Gasteiger partial charge in [0.2, 0.25) is 11.8 Å². The largest absolute Gasteiger partial charge is 0.379 e. The van der Waals surface area contributed by atoms with E-state index in [1.807, 2.05) is 30.3 Å². The first-order valence-electron chi connectivity index (χ1n) is 10.6. The minimum absolute atomic E-state index is 0.0122. The van der Waals surface area contributed by atoms with Crippen LogP contribution in [0.2, 0.25) is 0 Å². The van der Waals surface area contributed by atoms with E-state index in [0.29, 0.717) is 25.9 Å². The number of hydrogen-bond donors (Lipinski definition) is 2. The molecule has 0 unspecified atom stereocenters. The average molecular weight is 388 g/mol. The second-order valence-corrected chi connectivity index (χ2v) is 7.92. The summed E-state index contributed by atoms with van der Waals surface area (Å²) in [5, 5.41) is 5.99. The molecule has 0 spiro atoms. The Labute approximate surface area is 168 Å². The number of carbonyl (C=O) groups excluding carboxylic acids is 2. The molecule has 2 amide bonds. The second-order valence-electron chi connectivity index (χ2n) is 7.92. The van der Waals surface area contributed by atoms with E-state index in [2.05, 4.69) is 15.5 Å². The SMILES string of the molecule is O=C(CCNC(=O)Cc1ccccc1)NCC1(N2CCOCC2)CCCCC1. The lowest BCUT2D eigenvalue weighted by Gasteiger charge is -2.48. The molecular weight excluding hydrogens is 354 g/mol. The van der Waals surface area contributed by atoms with Gasteiger partial charge in [-0.2, -0.15) is 0 Å². The van der Waals surface area contributed by atoms with E-state index in [0.717, 1.165) is 44.7 Å². The summed E-state index contributed by atoms with van der Waals surface area (Å²) in [4.78, 5) is 26.9. The summed E-state index contributed by atoms with van der Waals surface area (Å²) in [6.07, 6.45) is 6.68. The molecule has 2 N–H and O–H groups in total. The number of hydrogen-bond acceptors (Lipinski definition) is 4. The average Bonchev–Trinajstić information content (AvgIpc) is 2.74. The van der Waals surface area contributed by atoms with Crippen LogP contribution in [0.5, 0.6) is 0 Å². The molecule has 28 heavy (non-hydrogen) atoms. The highest BCUT2D eigenvalue weighted by molar-refractivity contribution is 5.80. The van der Waals surface area contributed by atoms with Crippen LogP contribution >= 0.6 is 0 Å². The first kappa shape index (κ1) is 20.8. The van der Waals surface area contributed by atoms with Gasteiger partial charge in [0.15, 0.2) is 0 Å². The fraction of sp³-hybridized carbons (Fsp3) is 0.636. The van der Waals surface area contributed by atoms with E-state index in [-0.39, 0.29) is 17.4 Å². The molecule has 154 valence electrons. The van der Waals surface area contributed by atoms with Crippen molar-refractivity contribution in [3.63, 3.8) is 0 Å². The number of benzene rings is 1. The maximum Gasteiger partial charge on any atom is 0.224 e. The van der Waals surface area contributed by atoms with Crippen LogP contribution in [-0.2, 0) is 20.7 Å². The summed E-state index contributed by atoms with van der Waals surface area (Å²) in [6, 6.07) is 9.64. The minimum Gasteiger partial charge on any atom is -0.379 e. The van der Waals surface area contributed by atoms with Gasteiger partial charge in [0, 0.05) is 38.1 Å². The van der Waals surface area contributed by atoms with Crippen LogP contribution in [0.15, 0.2) is 30.3 Å². The zero-order valence-electron chi connectivity index (χ0n) is 16.8. The molecule has 2 aliphatic rings. The number of carbonyl (C=O) groups is 2. The molecule has 6 nitrogen and oxygen atoms in total. The summed E-state index contributed by atoms with van der Waals surface area (Å²) in [5.41, 5.74) is 1.06. The maximum atomic E-state index is 12.3. The third kappa shape index (κ3) is 6.04. The Bertz CT molecular complexity index is 623. The van der Waals surface area contributed by atoms with Crippen LogP contribution in [0.25, 0.3) is 0 Å². The van der Waals surface area contributed by atoms with Gasteiger partial charge in [0.25, 0.3) is 0 Å². The third-order valence-corrected chi connectivity index (χ3v) is 5.96. The summed E-state index contributed by atoms with van der Waals surface area (Å²) in [6.45, 7) is 4.54. The number of nitrogens with one attached hydrogen (secondary N) is 2. The van der Waals surface area contributed by atoms with E-state index < -0.39 is 0 Å². The number of nitrogens with zero attached hydrogens (tertiary/aromatic N) is 1. The smallest absolute Gasteiger partial charge is 0.224 e. The van der Waals surface area contributed by atoms with Gasteiger partial charge < -0.3 is 15.4 Å². The Kier molecular flexibility index (Phi) is 7.86. The summed E-state index contributed by atoms with van der Waals surface area (Å²) in [5.74, 6) is -0.0331. The van der Waals surface area contributed by atoms with Gasteiger partial charge in [-0.1, -0.05) is 49.6 Å². The maximum absolute atomic E-state index is 12.3. The lowest BCUT2D eigenvalue weighted by molar-refractivity contribution is -0.123. The molecule has 0 radical (unpaired) electrons. The number of ether oxygens (including phenoxy) is 1. The van der Waals surface area contributed by atoms with Crippen molar-refractivity contribution in [1.29, 1.82) is 0 Å². The van der Waals surface area contributed by atoms with Crippen molar-refractivity contribution in [2.75, 3.05) is 39.4 Å². The van der Waals surface area contributed by atoms with Crippen LogP contribution in [0.3, 0.4) is 0 Å². The molecule has 0 aromatic heterocycles. The van der Waals surface area contributed by atoms with Gasteiger partial charge in [-0.05, 0) is 18.4 Å². The molecule has 1 saturated carbocycles. The van der Waals surface area contributed by atoms with Crippen molar-refractivity contribution in [3.8, 4) is 0 Å². The van der Waals surface area contributed by atoms with Crippen LogP contribution < -0.4 is 10.6 Å². The van der Waals surface area contributed by atoms with Crippen molar-refractivity contribution in [2.45, 2.75) is 50.5 Å². The Morgan fingerprint density at radius 3 is 2.39 bits per heavy atom. The Hall–Kier alpha value is -1.92. The van der Waals surface area contributed by atoms with Gasteiger partial charge >= 0.3 is 0 Å². The first-order chi connectivity index (χ1) is 13.7. The molecule has 1 heterocycles. The van der Waals surface area contributed by atoms with Crippen molar-refractivity contribution in [3.05, 3.63) is 35.9 Å². The van der Waals surface area contributed by atoms with Gasteiger partial charge in [-0.15, -0.1) is 0 Å². The standard InChI is InChI=1S/C22H33N3O3/c26-20(9-12-23-21(27)17-19-7-3-1-4-8-19)24-18-22(10-5-2-6-11-22)25-13-15-28-16-14-25/h1,3-4,7-8H,2,5-6,9-18H2,(H,23,27)(H,24,26). The molecule has 1 aliphatic carbocycles. The van der Waals surface area contributed by atoms with Crippen LogP contribution in [0.1, 0.15) is 44.1 Å². The summed E-state index contributed by atoms with van der Waals surface area (Å²) in [7, 11) is 0. The Morgan fingerprint density at radius 1 is 0.964 bits per heavy atom. The van der Waals surface area contributed by atoms with Gasteiger partial charge in [-0.25, -0.2) is 0 Å². The van der Waals surface area contributed by atoms with E-state index >= 15 is 0 Å². The van der Waals surface area contributed by atoms with Crippen molar-refractivity contribution in [1.82, 2.24) is 15.5 Å². The lowest BCUT2D eigenvalue weighted by atomic mass is 9.79. The monoisotopic (exact) mass is 387 g/mol. The summed E-state index contributed by atoms with van der Waals surface area (Å²) >= 11 is 0. The van der Waals surface area contributed by atoms with Crippen molar-refractivity contribution < 1.29 is 14.3 Å². The van der Waals surface area contributed by atoms with Gasteiger partial charge in [-0.3, -0.25) is 14.5 Å². The fourth-order valence-corrected chi connectivity index (χ4v) is 4.36. The van der Waals surface area contributed by atoms with E-state index in [1.165, 1.54) is 19.3 Å². The van der Waals surface area contributed by atoms with Crippen molar-refractivity contribution in [2.24, 2.45) is 0 Å². The first-order valence-corrected chi connectivity index (χ1v) is 10.6. The molecule has 1 aliphatic heterocycles. The molecule has 0 bridgehead atoms. The van der Waals surface area contributed by atoms with Gasteiger partial charge in [0.1, 0.15) is 0 Å². The van der Waals surface area contributed by atoms with Crippen LogP contribution in [0, 0.1) is 0 Å². The van der Waals surface area contributed by atoms with E-state index in [9.17, 15) is 9.59 Å². The third-order valence-electron chi connectivity index (χ3n) is 5.96. The highest BCUT2D eigenvalue weighted by Gasteiger charge is 2.38. The highest BCUT2D eigenvalue weighted by Crippen LogP contribution is 2.33. The summed E-state index contributed by atoms with van der Waals surface area (Å²) < 4.78 is 5.51. The Morgan fingerprint density at radius 2 is 1.68 bits per heavy atom. The topological polar surface area (TPSA) is 70.7 Å². The lowest BCUT2D eigenvalue weighted by Crippen LogP contribution is -2.59. The van der Waals surface area contributed by atoms with E-state index in [4.69, 9.17) is 4.74 Å². The molecule has 1 aromatic rings. The van der Waals surface area contributed by atoms with Crippen molar-refractivity contribution >= 4 is 11.8 Å². The predicted molar refractivity (Wildman–Crippen MR) is 109 cm³/mol. The minimum atomic E-state index is -0.0453. The highest BCUT2D eigenvalue weighted by atomic mass is 16.5. The fourth-order valence-electron chi connectivity index (χ4n) is 4.36. The molecule has 1 saturated heterocycles. The molecule has 3 rings (SSSR count). The molecule has 6 heteroatoms. The second kappa shape index (κ2) is 10.6. The number of rotatable bonds is 8. The predicted octanol–water partition coefficient (Wildman–Crippen LogP) is 1.89. The Balaban J connectivity index is 1.40. The molecule has 2 fully saturated rings. The number of morpholine rings is 1. The number of amides is 2. The van der Waals surface area contributed by atoms with Crippen LogP contribution in [0.4, 0.5) is 0 Å². The molecule has 1 aromatic carbocycles. The van der Waals surface area contributed by atoms with E-state index in [1.54, 1.807) is 0 Å². The quantitative estimate of drug-likeness (QED) is 0.715. The molecular formula is C22H33N3O3. The zero-order chi connectivity index (χ0) is 19.7. The van der Waals surface area contributed by atoms with Crippen LogP contribution in [-0.4, -0.2) is 61.6 Å². The normalized spacial score (nSPS) is 19.7. The molecule has 0 atom stereocenters. The van der Waals surface area contributed by atoms with Gasteiger partial charge in [0.05, 0.1) is 19.6 Å². The zero-order valence-corrected chi connectivity index (χ0v) is 16.8.